The smallest absolute Gasteiger partial charge is 0.253 e. The zero-order valence-electron chi connectivity index (χ0n) is 10.7. The van der Waals surface area contributed by atoms with Crippen LogP contribution in [0.3, 0.4) is 0 Å². The highest BCUT2D eigenvalue weighted by atomic mass is 35.5. The highest BCUT2D eigenvalue weighted by molar-refractivity contribution is 6.29. The topological polar surface area (TPSA) is 77.2 Å². The van der Waals surface area contributed by atoms with Gasteiger partial charge in [0.25, 0.3) is 5.91 Å². The summed E-state index contributed by atoms with van der Waals surface area (Å²) in [5, 5.41) is 2.93. The average molecular weight is 292 g/mol. The summed E-state index contributed by atoms with van der Waals surface area (Å²) in [7, 11) is 0. The Bertz CT molecular complexity index is 590. The first-order chi connectivity index (χ1) is 9.66. The third kappa shape index (κ3) is 3.86. The Kier molecular flexibility index (Phi) is 4.79. The molecule has 6 heteroatoms. The molecule has 1 aromatic heterocycles. The van der Waals surface area contributed by atoms with Crippen molar-refractivity contribution in [3.8, 4) is 5.75 Å². The van der Waals surface area contributed by atoms with Gasteiger partial charge in [-0.2, -0.15) is 0 Å². The second-order valence-corrected chi connectivity index (χ2v) is 4.40. The van der Waals surface area contributed by atoms with Gasteiger partial charge in [-0.1, -0.05) is 29.8 Å². The molecular weight excluding hydrogens is 278 g/mol. The lowest BCUT2D eigenvalue weighted by molar-refractivity contribution is 0.0948. The maximum Gasteiger partial charge on any atom is 0.253 e. The number of halogens is 1. The van der Waals surface area contributed by atoms with Crippen molar-refractivity contribution in [1.29, 1.82) is 0 Å². The number of anilines is 1. The normalized spacial score (nSPS) is 10.1. The SMILES string of the molecule is Nc1cnc(Cl)cc1C(=O)NCCOc1ccccc1. The number of carbonyl (C=O) groups is 1. The van der Waals surface area contributed by atoms with Crippen molar-refractivity contribution < 1.29 is 9.53 Å². The molecule has 0 saturated heterocycles. The van der Waals surface area contributed by atoms with Crippen molar-refractivity contribution in [2.24, 2.45) is 0 Å². The Morgan fingerprint density at radius 1 is 1.35 bits per heavy atom. The molecule has 0 saturated carbocycles. The van der Waals surface area contributed by atoms with Gasteiger partial charge in [-0.15, -0.1) is 0 Å². The Morgan fingerprint density at radius 2 is 2.10 bits per heavy atom. The summed E-state index contributed by atoms with van der Waals surface area (Å²) in [6.07, 6.45) is 1.36. The molecule has 3 N–H and O–H groups in total. The Hall–Kier alpha value is -2.27. The fourth-order valence-electron chi connectivity index (χ4n) is 1.58. The number of nitrogens with one attached hydrogen (secondary N) is 1. The first kappa shape index (κ1) is 14.1. The summed E-state index contributed by atoms with van der Waals surface area (Å²) >= 11 is 5.73. The Morgan fingerprint density at radius 3 is 2.85 bits per heavy atom. The van der Waals surface area contributed by atoms with E-state index in [0.717, 1.165) is 5.75 Å². The molecule has 104 valence electrons. The van der Waals surface area contributed by atoms with Crippen LogP contribution in [0.5, 0.6) is 5.75 Å². The Labute approximate surface area is 121 Å². The minimum Gasteiger partial charge on any atom is -0.492 e. The van der Waals surface area contributed by atoms with E-state index >= 15 is 0 Å². The number of carbonyl (C=O) groups excluding carboxylic acids is 1. The number of benzene rings is 1. The largest absolute Gasteiger partial charge is 0.492 e. The molecule has 0 bridgehead atoms. The summed E-state index contributed by atoms with van der Waals surface area (Å²) in [6, 6.07) is 10.8. The van der Waals surface area contributed by atoms with E-state index in [1.165, 1.54) is 12.3 Å². The van der Waals surface area contributed by atoms with Crippen LogP contribution in [-0.4, -0.2) is 24.0 Å². The molecule has 0 aliphatic rings. The maximum atomic E-state index is 11.9. The van der Waals surface area contributed by atoms with E-state index in [1.54, 1.807) is 0 Å². The van der Waals surface area contributed by atoms with E-state index in [-0.39, 0.29) is 16.7 Å². The van der Waals surface area contributed by atoms with Crippen molar-refractivity contribution in [1.82, 2.24) is 10.3 Å². The number of nitrogens with zero attached hydrogens (tertiary/aromatic N) is 1. The van der Waals surface area contributed by atoms with Crippen LogP contribution in [0.1, 0.15) is 10.4 Å². The molecule has 0 radical (unpaired) electrons. The molecule has 1 heterocycles. The fourth-order valence-corrected chi connectivity index (χ4v) is 1.74. The minimum atomic E-state index is -0.302. The predicted octanol–water partition coefficient (Wildman–Crippen LogP) is 2.13. The van der Waals surface area contributed by atoms with Crippen molar-refractivity contribution in [3.63, 3.8) is 0 Å². The molecule has 0 atom stereocenters. The molecule has 20 heavy (non-hydrogen) atoms. The highest BCUT2D eigenvalue weighted by Crippen LogP contribution is 2.14. The highest BCUT2D eigenvalue weighted by Gasteiger charge is 2.10. The lowest BCUT2D eigenvalue weighted by Gasteiger charge is -2.09. The second-order valence-electron chi connectivity index (χ2n) is 4.01. The summed E-state index contributed by atoms with van der Waals surface area (Å²) < 4.78 is 5.46. The van der Waals surface area contributed by atoms with Gasteiger partial charge in [-0.25, -0.2) is 4.98 Å². The summed E-state index contributed by atoms with van der Waals surface area (Å²) in [6.45, 7) is 0.738. The minimum absolute atomic E-state index is 0.227. The number of nitrogens with two attached hydrogens (primary N) is 1. The number of amides is 1. The zero-order valence-corrected chi connectivity index (χ0v) is 11.4. The van der Waals surface area contributed by atoms with Gasteiger partial charge in [0, 0.05) is 0 Å². The summed E-state index contributed by atoms with van der Waals surface area (Å²) in [4.78, 5) is 15.7. The summed E-state index contributed by atoms with van der Waals surface area (Å²) in [5.41, 5.74) is 6.27. The number of hydrogen-bond donors (Lipinski definition) is 2. The number of rotatable bonds is 5. The van der Waals surface area contributed by atoms with Crippen LogP contribution in [0.15, 0.2) is 42.6 Å². The van der Waals surface area contributed by atoms with Gasteiger partial charge in [0.1, 0.15) is 17.5 Å². The number of ether oxygens (including phenoxy) is 1. The van der Waals surface area contributed by atoms with E-state index in [0.29, 0.717) is 18.7 Å². The van der Waals surface area contributed by atoms with Crippen molar-refractivity contribution in [2.45, 2.75) is 0 Å². The molecule has 0 aliphatic carbocycles. The standard InChI is InChI=1S/C14H14ClN3O2/c15-13-8-11(12(16)9-18-13)14(19)17-6-7-20-10-4-2-1-3-5-10/h1-5,8-9H,6-7,16H2,(H,17,19). The van der Waals surface area contributed by atoms with Crippen LogP contribution >= 0.6 is 11.6 Å². The molecule has 1 amide bonds. The number of nitrogen functional groups attached to an aromatic ring is 1. The third-order valence-corrected chi connectivity index (χ3v) is 2.75. The van der Waals surface area contributed by atoms with Crippen LogP contribution in [0.25, 0.3) is 0 Å². The van der Waals surface area contributed by atoms with Gasteiger partial charge in [0.2, 0.25) is 0 Å². The first-order valence-electron chi connectivity index (χ1n) is 6.04. The molecule has 5 nitrogen and oxygen atoms in total. The van der Waals surface area contributed by atoms with Crippen molar-refractivity contribution in [3.05, 3.63) is 53.3 Å². The molecule has 0 fully saturated rings. The van der Waals surface area contributed by atoms with E-state index in [2.05, 4.69) is 10.3 Å². The molecule has 0 spiro atoms. The number of pyridine rings is 1. The monoisotopic (exact) mass is 291 g/mol. The predicted molar refractivity (Wildman–Crippen MR) is 77.9 cm³/mol. The first-order valence-corrected chi connectivity index (χ1v) is 6.41. The molecule has 0 unspecified atom stereocenters. The number of hydrogen-bond acceptors (Lipinski definition) is 4. The van der Waals surface area contributed by atoms with Crippen LogP contribution in [-0.2, 0) is 0 Å². The molecule has 2 aromatic rings. The lowest BCUT2D eigenvalue weighted by atomic mass is 10.2. The van der Waals surface area contributed by atoms with E-state index < -0.39 is 0 Å². The van der Waals surface area contributed by atoms with E-state index in [9.17, 15) is 4.79 Å². The zero-order chi connectivity index (χ0) is 14.4. The van der Waals surface area contributed by atoms with Gasteiger partial charge >= 0.3 is 0 Å². The quantitative estimate of drug-likeness (QED) is 0.653. The molecule has 2 rings (SSSR count). The van der Waals surface area contributed by atoms with Crippen LogP contribution < -0.4 is 15.8 Å². The Balaban J connectivity index is 1.82. The molecule has 1 aromatic carbocycles. The van der Waals surface area contributed by atoms with Gasteiger partial charge in [0.15, 0.2) is 0 Å². The van der Waals surface area contributed by atoms with E-state index in [4.69, 9.17) is 22.1 Å². The number of aromatic nitrogens is 1. The van der Waals surface area contributed by atoms with Gasteiger partial charge in [-0.3, -0.25) is 4.79 Å². The van der Waals surface area contributed by atoms with Gasteiger partial charge < -0.3 is 15.8 Å². The van der Waals surface area contributed by atoms with Gasteiger partial charge in [0.05, 0.1) is 24.0 Å². The molecule has 0 aliphatic heterocycles. The van der Waals surface area contributed by atoms with Crippen LogP contribution in [0.4, 0.5) is 5.69 Å². The van der Waals surface area contributed by atoms with Crippen LogP contribution in [0, 0.1) is 0 Å². The average Bonchev–Trinajstić information content (AvgIpc) is 2.47. The van der Waals surface area contributed by atoms with E-state index in [1.807, 2.05) is 30.3 Å². The maximum absolute atomic E-state index is 11.9. The second kappa shape index (κ2) is 6.77. The number of para-hydroxylation sites is 1. The van der Waals surface area contributed by atoms with Crippen molar-refractivity contribution >= 4 is 23.2 Å². The molecular formula is C14H14ClN3O2. The van der Waals surface area contributed by atoms with Crippen molar-refractivity contribution in [2.75, 3.05) is 18.9 Å². The third-order valence-electron chi connectivity index (χ3n) is 2.55. The van der Waals surface area contributed by atoms with Crippen LogP contribution in [0.2, 0.25) is 5.15 Å². The fraction of sp³-hybridized carbons (Fsp3) is 0.143. The lowest BCUT2D eigenvalue weighted by Crippen LogP contribution is -2.28. The summed E-state index contributed by atoms with van der Waals surface area (Å²) in [5.74, 6) is 0.455. The van der Waals surface area contributed by atoms with Gasteiger partial charge in [-0.05, 0) is 18.2 Å².